The molecule has 0 rings (SSSR count). The van der Waals surface area contributed by atoms with E-state index in [0.717, 1.165) is 12.8 Å². The lowest BCUT2D eigenvalue weighted by Gasteiger charge is -2.28. The smallest absolute Gasteiger partial charge is 0.0644 e. The minimum absolute atomic E-state index is 0.253. The molecule has 2 nitrogen and oxygen atoms in total. The van der Waals surface area contributed by atoms with Gasteiger partial charge in [-0.25, -0.2) is 0 Å². The second-order valence-electron chi connectivity index (χ2n) is 5.61. The van der Waals surface area contributed by atoms with Gasteiger partial charge in [0, 0.05) is 6.42 Å². The normalized spacial score (nSPS) is 19.6. The molecule has 2 unspecified atom stereocenters. The van der Waals surface area contributed by atoms with Crippen LogP contribution in [0.4, 0.5) is 0 Å². The highest BCUT2D eigenvalue weighted by Gasteiger charge is 2.24. The van der Waals surface area contributed by atoms with E-state index in [4.69, 9.17) is 5.11 Å². The van der Waals surface area contributed by atoms with Crippen LogP contribution in [0.25, 0.3) is 0 Å². The Kier molecular flexibility index (Phi) is 4.40. The summed E-state index contributed by atoms with van der Waals surface area (Å²) in [4.78, 5) is 0. The zero-order valence-electron chi connectivity index (χ0n) is 9.59. The predicted octanol–water partition coefficient (Wildman–Crippen LogP) is 2.33. The summed E-state index contributed by atoms with van der Waals surface area (Å²) in [5, 5.41) is 19.0. The molecule has 0 aliphatic heterocycles. The molecular formula is C11H24O2. The minimum Gasteiger partial charge on any atom is -0.393 e. The molecule has 0 saturated heterocycles. The maximum atomic E-state index is 9.89. The molecule has 0 aliphatic rings. The number of rotatable bonds is 4. The molecule has 2 atom stereocenters. The highest BCUT2D eigenvalue weighted by molar-refractivity contribution is 4.77. The van der Waals surface area contributed by atoms with E-state index in [1.165, 1.54) is 0 Å². The molecule has 0 aromatic heterocycles. The quantitative estimate of drug-likeness (QED) is 0.711. The van der Waals surface area contributed by atoms with Crippen LogP contribution in [0.2, 0.25) is 0 Å². The molecule has 0 aromatic rings. The van der Waals surface area contributed by atoms with E-state index in [1.54, 1.807) is 13.8 Å². The Bertz CT molecular complexity index is 143. The Morgan fingerprint density at radius 1 is 1.08 bits per heavy atom. The van der Waals surface area contributed by atoms with E-state index in [9.17, 15) is 5.11 Å². The molecule has 13 heavy (non-hydrogen) atoms. The van der Waals surface area contributed by atoms with Crippen molar-refractivity contribution in [2.24, 2.45) is 5.41 Å². The van der Waals surface area contributed by atoms with Crippen molar-refractivity contribution in [1.29, 1.82) is 0 Å². The fourth-order valence-electron chi connectivity index (χ4n) is 1.38. The van der Waals surface area contributed by atoms with Gasteiger partial charge >= 0.3 is 0 Å². The summed E-state index contributed by atoms with van der Waals surface area (Å²) in [6.07, 6.45) is 1.77. The highest BCUT2D eigenvalue weighted by atomic mass is 16.3. The van der Waals surface area contributed by atoms with Crippen LogP contribution in [-0.4, -0.2) is 21.9 Å². The van der Waals surface area contributed by atoms with Crippen molar-refractivity contribution >= 4 is 0 Å². The van der Waals surface area contributed by atoms with Crippen LogP contribution in [0.3, 0.4) is 0 Å². The summed E-state index contributed by atoms with van der Waals surface area (Å²) in [5.74, 6) is 0. The fourth-order valence-corrected chi connectivity index (χ4v) is 1.38. The van der Waals surface area contributed by atoms with E-state index in [-0.39, 0.29) is 5.41 Å². The molecular weight excluding hydrogens is 164 g/mol. The van der Waals surface area contributed by atoms with Crippen molar-refractivity contribution < 1.29 is 10.2 Å². The molecule has 0 aliphatic carbocycles. The van der Waals surface area contributed by atoms with Crippen molar-refractivity contribution in [2.45, 2.75) is 65.6 Å². The maximum absolute atomic E-state index is 9.89. The van der Waals surface area contributed by atoms with Gasteiger partial charge in [-0.3, -0.25) is 0 Å². The third-order valence-corrected chi connectivity index (χ3v) is 2.15. The zero-order chi connectivity index (χ0) is 10.7. The first-order valence-corrected chi connectivity index (χ1v) is 5.03. The molecule has 0 spiro atoms. The minimum atomic E-state index is -0.721. The van der Waals surface area contributed by atoms with Gasteiger partial charge in [-0.2, -0.15) is 0 Å². The summed E-state index contributed by atoms with van der Waals surface area (Å²) in [7, 11) is 0. The molecule has 0 bridgehead atoms. The van der Waals surface area contributed by atoms with E-state index in [0.29, 0.717) is 6.42 Å². The SMILES string of the molecule is CC(O)CC(C)(O)CCC(C)(C)C. The Morgan fingerprint density at radius 2 is 1.54 bits per heavy atom. The van der Waals surface area contributed by atoms with E-state index in [1.807, 2.05) is 0 Å². The largest absolute Gasteiger partial charge is 0.393 e. The summed E-state index contributed by atoms with van der Waals surface area (Å²) in [5.41, 5.74) is -0.468. The summed E-state index contributed by atoms with van der Waals surface area (Å²) < 4.78 is 0. The second kappa shape index (κ2) is 4.43. The van der Waals surface area contributed by atoms with Gasteiger partial charge < -0.3 is 10.2 Å². The molecule has 2 N–H and O–H groups in total. The monoisotopic (exact) mass is 188 g/mol. The standard InChI is InChI=1S/C11H24O2/c1-9(12)8-11(5,13)7-6-10(2,3)4/h9,12-13H,6-8H2,1-5H3. The fraction of sp³-hybridized carbons (Fsp3) is 1.00. The third kappa shape index (κ3) is 8.26. The second-order valence-corrected chi connectivity index (χ2v) is 5.61. The molecule has 0 amide bonds. The lowest BCUT2D eigenvalue weighted by Crippen LogP contribution is -2.30. The number of aliphatic hydroxyl groups excluding tert-OH is 1. The van der Waals surface area contributed by atoms with Crippen LogP contribution in [0.15, 0.2) is 0 Å². The lowest BCUT2D eigenvalue weighted by molar-refractivity contribution is -0.00486. The predicted molar refractivity (Wildman–Crippen MR) is 55.6 cm³/mol. The lowest BCUT2D eigenvalue weighted by atomic mass is 9.83. The Morgan fingerprint density at radius 3 is 1.85 bits per heavy atom. The van der Waals surface area contributed by atoms with Crippen LogP contribution < -0.4 is 0 Å². The first kappa shape index (κ1) is 12.9. The molecule has 0 saturated carbocycles. The molecule has 0 radical (unpaired) electrons. The van der Waals surface area contributed by atoms with Crippen molar-refractivity contribution in [3.8, 4) is 0 Å². The average molecular weight is 188 g/mol. The number of aliphatic hydroxyl groups is 2. The van der Waals surface area contributed by atoms with Gasteiger partial charge in [0.05, 0.1) is 11.7 Å². The van der Waals surface area contributed by atoms with E-state index in [2.05, 4.69) is 20.8 Å². The van der Waals surface area contributed by atoms with Crippen LogP contribution in [0, 0.1) is 5.41 Å². The van der Waals surface area contributed by atoms with Crippen LogP contribution in [0.5, 0.6) is 0 Å². The first-order valence-electron chi connectivity index (χ1n) is 5.03. The van der Waals surface area contributed by atoms with Gasteiger partial charge in [0.2, 0.25) is 0 Å². The Hall–Kier alpha value is -0.0800. The van der Waals surface area contributed by atoms with Gasteiger partial charge in [-0.15, -0.1) is 0 Å². The summed E-state index contributed by atoms with van der Waals surface area (Å²) >= 11 is 0. The van der Waals surface area contributed by atoms with Gasteiger partial charge in [-0.05, 0) is 32.1 Å². The topological polar surface area (TPSA) is 40.5 Å². The first-order chi connectivity index (χ1) is 5.62. The van der Waals surface area contributed by atoms with Gasteiger partial charge in [0.25, 0.3) is 0 Å². The zero-order valence-corrected chi connectivity index (χ0v) is 9.59. The Labute approximate surface area is 82.0 Å². The van der Waals surface area contributed by atoms with Crippen molar-refractivity contribution in [1.82, 2.24) is 0 Å². The summed E-state index contributed by atoms with van der Waals surface area (Å²) in [6.45, 7) is 9.99. The molecule has 0 heterocycles. The van der Waals surface area contributed by atoms with Crippen LogP contribution in [-0.2, 0) is 0 Å². The summed E-state index contributed by atoms with van der Waals surface area (Å²) in [6, 6.07) is 0. The average Bonchev–Trinajstić information content (AvgIpc) is 1.79. The molecule has 2 heteroatoms. The molecule has 0 fully saturated rings. The van der Waals surface area contributed by atoms with Crippen molar-refractivity contribution in [3.05, 3.63) is 0 Å². The van der Waals surface area contributed by atoms with E-state index >= 15 is 0 Å². The number of hydrogen-bond donors (Lipinski definition) is 2. The highest BCUT2D eigenvalue weighted by Crippen LogP contribution is 2.27. The van der Waals surface area contributed by atoms with Crippen LogP contribution in [0.1, 0.15) is 53.9 Å². The van der Waals surface area contributed by atoms with Crippen molar-refractivity contribution in [3.63, 3.8) is 0 Å². The van der Waals surface area contributed by atoms with Gasteiger partial charge in [-0.1, -0.05) is 20.8 Å². The molecule has 0 aromatic carbocycles. The third-order valence-electron chi connectivity index (χ3n) is 2.15. The van der Waals surface area contributed by atoms with Crippen molar-refractivity contribution in [2.75, 3.05) is 0 Å². The van der Waals surface area contributed by atoms with Gasteiger partial charge in [0.1, 0.15) is 0 Å². The van der Waals surface area contributed by atoms with Gasteiger partial charge in [0.15, 0.2) is 0 Å². The Balaban J connectivity index is 3.89. The van der Waals surface area contributed by atoms with E-state index < -0.39 is 11.7 Å². The van der Waals surface area contributed by atoms with Crippen LogP contribution >= 0.6 is 0 Å². The number of hydrogen-bond acceptors (Lipinski definition) is 2. The maximum Gasteiger partial charge on any atom is 0.0644 e. The molecule has 80 valence electrons.